The van der Waals surface area contributed by atoms with Gasteiger partial charge in [-0.3, -0.25) is 4.79 Å². The summed E-state index contributed by atoms with van der Waals surface area (Å²) in [5.41, 5.74) is 7.95. The van der Waals surface area contributed by atoms with Crippen molar-refractivity contribution in [3.8, 4) is 5.88 Å². The van der Waals surface area contributed by atoms with Gasteiger partial charge in [-0.15, -0.1) is 0 Å². The van der Waals surface area contributed by atoms with Gasteiger partial charge in [-0.25, -0.2) is 4.98 Å². The number of aryl methyl sites for hydroxylation is 2. The van der Waals surface area contributed by atoms with Crippen molar-refractivity contribution < 1.29 is 9.53 Å². The maximum atomic E-state index is 11.4. The molecule has 3 N–H and O–H groups in total. The van der Waals surface area contributed by atoms with Gasteiger partial charge >= 0.3 is 0 Å². The Morgan fingerprint density at radius 3 is 3.00 bits per heavy atom. The zero-order valence-corrected chi connectivity index (χ0v) is 11.5. The lowest BCUT2D eigenvalue weighted by atomic mass is 10.1. The molecule has 1 aliphatic rings. The summed E-state index contributed by atoms with van der Waals surface area (Å²) >= 11 is 0. The third-order valence-corrected chi connectivity index (χ3v) is 3.17. The van der Waals surface area contributed by atoms with E-state index in [1.165, 1.54) is 0 Å². The van der Waals surface area contributed by atoms with Crippen LogP contribution in [0.1, 0.15) is 41.9 Å². The Kier molecular flexibility index (Phi) is 4.37. The zero-order chi connectivity index (χ0) is 13.8. The molecule has 0 spiro atoms. The summed E-state index contributed by atoms with van der Waals surface area (Å²) in [5.74, 6) is -0.104. The van der Waals surface area contributed by atoms with Crippen LogP contribution in [-0.2, 0) is 12.8 Å². The molecule has 0 saturated carbocycles. The first-order valence-corrected chi connectivity index (χ1v) is 6.76. The second kappa shape index (κ2) is 6.02. The lowest BCUT2D eigenvalue weighted by molar-refractivity contribution is 0.0995. The van der Waals surface area contributed by atoms with Gasteiger partial charge in [0.05, 0.1) is 0 Å². The molecule has 0 atom stereocenters. The number of amides is 1. The molecule has 0 saturated heterocycles. The molecular weight excluding hydrogens is 242 g/mol. The Hall–Kier alpha value is -1.62. The molecule has 104 valence electrons. The van der Waals surface area contributed by atoms with E-state index in [-0.39, 0.29) is 0 Å². The van der Waals surface area contributed by atoms with Crippen LogP contribution in [0.25, 0.3) is 0 Å². The Morgan fingerprint density at radius 1 is 1.53 bits per heavy atom. The van der Waals surface area contributed by atoms with Gasteiger partial charge in [0.15, 0.2) is 0 Å². The van der Waals surface area contributed by atoms with Crippen LogP contribution in [0.3, 0.4) is 0 Å². The molecule has 0 unspecified atom stereocenters. The molecule has 2 rings (SSSR count). The highest BCUT2D eigenvalue weighted by Crippen LogP contribution is 2.26. The van der Waals surface area contributed by atoms with Crippen molar-refractivity contribution in [2.24, 2.45) is 5.73 Å². The molecule has 5 heteroatoms. The van der Waals surface area contributed by atoms with Gasteiger partial charge in [-0.1, -0.05) is 13.8 Å². The van der Waals surface area contributed by atoms with Crippen LogP contribution in [0.2, 0.25) is 0 Å². The summed E-state index contributed by atoms with van der Waals surface area (Å²) in [4.78, 5) is 15.9. The fourth-order valence-electron chi connectivity index (χ4n) is 2.23. The average Bonchev–Trinajstić information content (AvgIpc) is 2.80. The SMILES string of the molecule is CC(C)NCCOc1nc2c(cc1C(N)=O)CCC2. The number of carbonyl (C=O) groups is 1. The third-order valence-electron chi connectivity index (χ3n) is 3.17. The number of hydrogen-bond acceptors (Lipinski definition) is 4. The van der Waals surface area contributed by atoms with E-state index < -0.39 is 5.91 Å². The van der Waals surface area contributed by atoms with Crippen molar-refractivity contribution in [1.82, 2.24) is 10.3 Å². The topological polar surface area (TPSA) is 77.2 Å². The van der Waals surface area contributed by atoms with Crippen molar-refractivity contribution in [1.29, 1.82) is 0 Å². The van der Waals surface area contributed by atoms with Crippen molar-refractivity contribution in [3.63, 3.8) is 0 Å². The number of rotatable bonds is 6. The molecule has 5 nitrogen and oxygen atoms in total. The second-order valence-electron chi connectivity index (χ2n) is 5.12. The smallest absolute Gasteiger partial charge is 0.254 e. The molecule has 0 bridgehead atoms. The molecule has 0 radical (unpaired) electrons. The van der Waals surface area contributed by atoms with E-state index in [0.29, 0.717) is 30.6 Å². The molecule has 1 aliphatic carbocycles. The molecule has 19 heavy (non-hydrogen) atoms. The zero-order valence-electron chi connectivity index (χ0n) is 11.5. The van der Waals surface area contributed by atoms with Crippen LogP contribution >= 0.6 is 0 Å². The maximum absolute atomic E-state index is 11.4. The number of ether oxygens (including phenoxy) is 1. The van der Waals surface area contributed by atoms with Gasteiger partial charge in [-0.2, -0.15) is 0 Å². The molecule has 0 aliphatic heterocycles. The number of nitrogens with zero attached hydrogens (tertiary/aromatic N) is 1. The summed E-state index contributed by atoms with van der Waals surface area (Å²) in [6.45, 7) is 5.34. The number of hydrogen-bond donors (Lipinski definition) is 2. The van der Waals surface area contributed by atoms with Crippen LogP contribution in [0.5, 0.6) is 5.88 Å². The Labute approximate surface area is 113 Å². The minimum atomic E-state index is -0.478. The van der Waals surface area contributed by atoms with Crippen molar-refractivity contribution >= 4 is 5.91 Å². The average molecular weight is 263 g/mol. The van der Waals surface area contributed by atoms with Gasteiger partial charge in [0, 0.05) is 18.3 Å². The Bertz CT molecular complexity index is 472. The van der Waals surface area contributed by atoms with E-state index in [1.54, 1.807) is 0 Å². The summed E-state index contributed by atoms with van der Waals surface area (Å²) in [6, 6.07) is 2.25. The van der Waals surface area contributed by atoms with Gasteiger partial charge < -0.3 is 15.8 Å². The summed E-state index contributed by atoms with van der Waals surface area (Å²) < 4.78 is 5.60. The van der Waals surface area contributed by atoms with E-state index in [1.807, 2.05) is 6.07 Å². The summed E-state index contributed by atoms with van der Waals surface area (Å²) in [5, 5.41) is 3.25. The molecule has 1 heterocycles. The number of carbonyl (C=O) groups excluding carboxylic acids is 1. The lowest BCUT2D eigenvalue weighted by Crippen LogP contribution is -2.28. The fourth-order valence-corrected chi connectivity index (χ4v) is 2.23. The quantitative estimate of drug-likeness (QED) is 0.752. The minimum absolute atomic E-state index is 0.374. The second-order valence-corrected chi connectivity index (χ2v) is 5.12. The van der Waals surface area contributed by atoms with Gasteiger partial charge in [0.2, 0.25) is 5.88 Å². The third kappa shape index (κ3) is 3.44. The Balaban J connectivity index is 2.08. The molecule has 0 aromatic carbocycles. The lowest BCUT2D eigenvalue weighted by Gasteiger charge is -2.12. The van der Waals surface area contributed by atoms with E-state index in [9.17, 15) is 4.79 Å². The van der Waals surface area contributed by atoms with E-state index in [0.717, 1.165) is 30.5 Å². The van der Waals surface area contributed by atoms with Gasteiger partial charge in [0.25, 0.3) is 5.91 Å². The molecule has 1 aromatic rings. The summed E-state index contributed by atoms with van der Waals surface area (Å²) in [6.07, 6.45) is 3.01. The predicted octanol–water partition coefficient (Wildman–Crippen LogP) is 1.05. The van der Waals surface area contributed by atoms with Crippen molar-refractivity contribution in [2.75, 3.05) is 13.2 Å². The normalized spacial score (nSPS) is 13.6. The first kappa shape index (κ1) is 13.8. The van der Waals surface area contributed by atoms with E-state index in [4.69, 9.17) is 10.5 Å². The molecule has 1 aromatic heterocycles. The van der Waals surface area contributed by atoms with Crippen LogP contribution < -0.4 is 15.8 Å². The monoisotopic (exact) mass is 263 g/mol. The van der Waals surface area contributed by atoms with E-state index >= 15 is 0 Å². The number of fused-ring (bicyclic) bond motifs is 1. The molecule has 1 amide bonds. The van der Waals surface area contributed by atoms with Crippen molar-refractivity contribution in [2.45, 2.75) is 39.2 Å². The highest BCUT2D eigenvalue weighted by Gasteiger charge is 2.19. The first-order valence-electron chi connectivity index (χ1n) is 6.76. The maximum Gasteiger partial charge on any atom is 0.254 e. The highest BCUT2D eigenvalue weighted by molar-refractivity contribution is 5.95. The largest absolute Gasteiger partial charge is 0.476 e. The fraction of sp³-hybridized carbons (Fsp3) is 0.571. The summed E-state index contributed by atoms with van der Waals surface area (Å²) in [7, 11) is 0. The van der Waals surface area contributed by atoms with Crippen molar-refractivity contribution in [3.05, 3.63) is 22.9 Å². The predicted molar refractivity (Wildman–Crippen MR) is 73.4 cm³/mol. The van der Waals surface area contributed by atoms with Crippen LogP contribution in [0, 0.1) is 0 Å². The van der Waals surface area contributed by atoms with Crippen LogP contribution in [-0.4, -0.2) is 30.1 Å². The van der Waals surface area contributed by atoms with Crippen LogP contribution in [0.15, 0.2) is 6.07 Å². The Morgan fingerprint density at radius 2 is 2.32 bits per heavy atom. The van der Waals surface area contributed by atoms with Gasteiger partial charge in [0.1, 0.15) is 12.2 Å². The first-order chi connectivity index (χ1) is 9.08. The number of aromatic nitrogens is 1. The molecular formula is C14H21N3O2. The standard InChI is InChI=1S/C14H21N3O2/c1-9(2)16-6-7-19-14-11(13(15)18)8-10-4-3-5-12(10)17-14/h8-9,16H,3-7H2,1-2H3,(H2,15,18). The number of nitrogens with one attached hydrogen (secondary N) is 1. The minimum Gasteiger partial charge on any atom is -0.476 e. The van der Waals surface area contributed by atoms with E-state index in [2.05, 4.69) is 24.1 Å². The number of primary amides is 1. The van der Waals surface area contributed by atoms with Crippen LogP contribution in [0.4, 0.5) is 0 Å². The highest BCUT2D eigenvalue weighted by atomic mass is 16.5. The number of nitrogens with two attached hydrogens (primary N) is 1. The van der Waals surface area contributed by atoms with Gasteiger partial charge in [-0.05, 0) is 30.9 Å². The molecule has 0 fully saturated rings. The number of pyridine rings is 1.